The SMILES string of the molecule is NC(=O)c1ccc(F)c(NC(=O)c2cccc(F)c2F)c1. The van der Waals surface area contributed by atoms with Crippen molar-refractivity contribution >= 4 is 17.5 Å². The van der Waals surface area contributed by atoms with E-state index < -0.39 is 34.8 Å². The van der Waals surface area contributed by atoms with E-state index in [1.54, 1.807) is 0 Å². The zero-order valence-electron chi connectivity index (χ0n) is 10.5. The lowest BCUT2D eigenvalue weighted by atomic mass is 10.1. The van der Waals surface area contributed by atoms with E-state index in [0.29, 0.717) is 0 Å². The third-order valence-electron chi connectivity index (χ3n) is 2.70. The third kappa shape index (κ3) is 3.02. The lowest BCUT2D eigenvalue weighted by molar-refractivity contribution is 0.0995. The molecule has 0 bridgehead atoms. The maximum Gasteiger partial charge on any atom is 0.258 e. The van der Waals surface area contributed by atoms with E-state index in [0.717, 1.165) is 36.4 Å². The molecule has 2 aromatic carbocycles. The fourth-order valence-corrected chi connectivity index (χ4v) is 1.64. The highest BCUT2D eigenvalue weighted by Crippen LogP contribution is 2.18. The van der Waals surface area contributed by atoms with Crippen molar-refractivity contribution in [3.05, 3.63) is 65.0 Å². The Hall–Kier alpha value is -2.83. The minimum absolute atomic E-state index is 0.0357. The number of rotatable bonds is 3. The first-order chi connectivity index (χ1) is 9.90. The first-order valence-corrected chi connectivity index (χ1v) is 5.75. The van der Waals surface area contributed by atoms with E-state index in [-0.39, 0.29) is 11.3 Å². The zero-order valence-corrected chi connectivity index (χ0v) is 10.5. The molecular formula is C14H9F3N2O2. The molecule has 108 valence electrons. The Labute approximate surface area is 117 Å². The molecule has 0 spiro atoms. The number of hydrogen-bond donors (Lipinski definition) is 2. The van der Waals surface area contributed by atoms with Gasteiger partial charge in [0.05, 0.1) is 11.3 Å². The molecule has 0 aliphatic rings. The summed E-state index contributed by atoms with van der Waals surface area (Å²) in [4.78, 5) is 22.8. The molecule has 0 aliphatic heterocycles. The van der Waals surface area contributed by atoms with E-state index in [1.807, 2.05) is 0 Å². The predicted octanol–water partition coefficient (Wildman–Crippen LogP) is 2.46. The Kier molecular flexibility index (Phi) is 3.93. The molecule has 2 rings (SSSR count). The van der Waals surface area contributed by atoms with E-state index in [2.05, 4.69) is 5.32 Å². The number of amides is 2. The molecule has 4 nitrogen and oxygen atoms in total. The minimum Gasteiger partial charge on any atom is -0.366 e. The van der Waals surface area contributed by atoms with Crippen molar-refractivity contribution in [2.24, 2.45) is 5.73 Å². The van der Waals surface area contributed by atoms with Crippen LogP contribution in [0, 0.1) is 17.5 Å². The lowest BCUT2D eigenvalue weighted by Gasteiger charge is -2.08. The van der Waals surface area contributed by atoms with Crippen LogP contribution < -0.4 is 11.1 Å². The molecule has 7 heteroatoms. The van der Waals surface area contributed by atoms with E-state index in [1.165, 1.54) is 0 Å². The van der Waals surface area contributed by atoms with Gasteiger partial charge in [0.1, 0.15) is 5.82 Å². The standard InChI is InChI=1S/C14H9F3N2O2/c15-9-5-4-7(13(18)20)6-11(9)19-14(21)8-2-1-3-10(16)12(8)17/h1-6H,(H2,18,20)(H,19,21). The minimum atomic E-state index is -1.35. The largest absolute Gasteiger partial charge is 0.366 e. The number of hydrogen-bond acceptors (Lipinski definition) is 2. The first kappa shape index (κ1) is 14.6. The number of primary amides is 1. The van der Waals surface area contributed by atoms with Gasteiger partial charge in [-0.15, -0.1) is 0 Å². The molecule has 0 radical (unpaired) electrons. The number of benzene rings is 2. The van der Waals surface area contributed by atoms with Gasteiger partial charge in [0.25, 0.3) is 5.91 Å². The van der Waals surface area contributed by atoms with Crippen molar-refractivity contribution in [1.82, 2.24) is 0 Å². The van der Waals surface area contributed by atoms with Crippen LogP contribution in [0.25, 0.3) is 0 Å². The van der Waals surface area contributed by atoms with Gasteiger partial charge in [-0.25, -0.2) is 13.2 Å². The normalized spacial score (nSPS) is 10.2. The molecule has 2 amide bonds. The number of anilines is 1. The average molecular weight is 294 g/mol. The van der Waals surface area contributed by atoms with Crippen LogP contribution in [0.5, 0.6) is 0 Å². The van der Waals surface area contributed by atoms with Crippen LogP contribution in [0.3, 0.4) is 0 Å². The summed E-state index contributed by atoms with van der Waals surface area (Å²) in [6.07, 6.45) is 0. The van der Waals surface area contributed by atoms with Crippen LogP contribution in [0.4, 0.5) is 18.9 Å². The summed E-state index contributed by atoms with van der Waals surface area (Å²) in [6.45, 7) is 0. The molecule has 0 fully saturated rings. The van der Waals surface area contributed by atoms with Gasteiger partial charge >= 0.3 is 0 Å². The predicted molar refractivity (Wildman–Crippen MR) is 69.2 cm³/mol. The Morgan fingerprint density at radius 1 is 1.00 bits per heavy atom. The zero-order chi connectivity index (χ0) is 15.6. The van der Waals surface area contributed by atoms with Crippen LogP contribution in [-0.2, 0) is 0 Å². The van der Waals surface area contributed by atoms with Crippen LogP contribution in [-0.4, -0.2) is 11.8 Å². The Morgan fingerprint density at radius 2 is 1.71 bits per heavy atom. The first-order valence-electron chi connectivity index (χ1n) is 5.75. The molecule has 0 atom stereocenters. The summed E-state index contributed by atoms with van der Waals surface area (Å²) in [6, 6.07) is 6.11. The molecule has 2 aromatic rings. The maximum absolute atomic E-state index is 13.6. The number of nitrogens with one attached hydrogen (secondary N) is 1. The second kappa shape index (κ2) is 5.66. The second-order valence-electron chi connectivity index (χ2n) is 4.11. The molecule has 0 aromatic heterocycles. The number of carbonyl (C=O) groups excluding carboxylic acids is 2. The molecule has 0 unspecified atom stereocenters. The van der Waals surface area contributed by atoms with Crippen molar-refractivity contribution in [3.8, 4) is 0 Å². The fourth-order valence-electron chi connectivity index (χ4n) is 1.64. The Morgan fingerprint density at radius 3 is 2.38 bits per heavy atom. The average Bonchev–Trinajstić information content (AvgIpc) is 2.43. The van der Waals surface area contributed by atoms with E-state index in [9.17, 15) is 22.8 Å². The fraction of sp³-hybridized carbons (Fsp3) is 0. The molecule has 0 saturated heterocycles. The number of halogens is 3. The molecule has 0 heterocycles. The third-order valence-corrected chi connectivity index (χ3v) is 2.70. The Balaban J connectivity index is 2.33. The summed E-state index contributed by atoms with van der Waals surface area (Å²) in [7, 11) is 0. The molecule has 0 saturated carbocycles. The quantitative estimate of drug-likeness (QED) is 0.912. The van der Waals surface area contributed by atoms with Gasteiger partial charge in [-0.3, -0.25) is 9.59 Å². The summed E-state index contributed by atoms with van der Waals surface area (Å²) in [5.41, 5.74) is 4.05. The van der Waals surface area contributed by atoms with Crippen LogP contribution in [0.2, 0.25) is 0 Å². The van der Waals surface area contributed by atoms with Gasteiger partial charge in [-0.1, -0.05) is 6.07 Å². The van der Waals surface area contributed by atoms with Gasteiger partial charge in [-0.2, -0.15) is 0 Å². The van der Waals surface area contributed by atoms with Crippen molar-refractivity contribution < 1.29 is 22.8 Å². The summed E-state index contributed by atoms with van der Waals surface area (Å²) < 4.78 is 40.1. The summed E-state index contributed by atoms with van der Waals surface area (Å²) in [5, 5.41) is 2.06. The molecule has 3 N–H and O–H groups in total. The van der Waals surface area contributed by atoms with Gasteiger partial charge < -0.3 is 11.1 Å². The van der Waals surface area contributed by atoms with Gasteiger partial charge in [0.2, 0.25) is 5.91 Å². The van der Waals surface area contributed by atoms with Crippen LogP contribution >= 0.6 is 0 Å². The molecular weight excluding hydrogens is 285 g/mol. The van der Waals surface area contributed by atoms with Crippen LogP contribution in [0.15, 0.2) is 36.4 Å². The van der Waals surface area contributed by atoms with E-state index >= 15 is 0 Å². The topological polar surface area (TPSA) is 72.2 Å². The smallest absolute Gasteiger partial charge is 0.258 e. The van der Waals surface area contributed by atoms with Gasteiger partial charge in [-0.05, 0) is 30.3 Å². The number of nitrogens with two attached hydrogens (primary N) is 1. The lowest BCUT2D eigenvalue weighted by Crippen LogP contribution is -2.17. The van der Waals surface area contributed by atoms with Crippen molar-refractivity contribution in [3.63, 3.8) is 0 Å². The number of carbonyl (C=O) groups is 2. The molecule has 21 heavy (non-hydrogen) atoms. The van der Waals surface area contributed by atoms with Crippen molar-refractivity contribution in [2.45, 2.75) is 0 Å². The maximum atomic E-state index is 13.6. The highest BCUT2D eigenvalue weighted by molar-refractivity contribution is 6.05. The molecule has 0 aliphatic carbocycles. The van der Waals surface area contributed by atoms with Crippen molar-refractivity contribution in [2.75, 3.05) is 5.32 Å². The second-order valence-corrected chi connectivity index (χ2v) is 4.11. The van der Waals surface area contributed by atoms with Gasteiger partial charge in [0.15, 0.2) is 11.6 Å². The van der Waals surface area contributed by atoms with Gasteiger partial charge in [0, 0.05) is 5.56 Å². The van der Waals surface area contributed by atoms with Crippen molar-refractivity contribution in [1.29, 1.82) is 0 Å². The summed E-state index contributed by atoms with van der Waals surface area (Å²) in [5.74, 6) is -5.25. The Bertz CT molecular complexity index is 732. The monoisotopic (exact) mass is 294 g/mol. The van der Waals surface area contributed by atoms with Crippen LogP contribution in [0.1, 0.15) is 20.7 Å². The highest BCUT2D eigenvalue weighted by Gasteiger charge is 2.17. The van der Waals surface area contributed by atoms with E-state index in [4.69, 9.17) is 5.73 Å². The summed E-state index contributed by atoms with van der Waals surface area (Å²) >= 11 is 0. The highest BCUT2D eigenvalue weighted by atomic mass is 19.2.